The van der Waals surface area contributed by atoms with E-state index in [4.69, 9.17) is 4.52 Å². The number of amides is 1. The summed E-state index contributed by atoms with van der Waals surface area (Å²) in [6, 6.07) is 8.00. The molecule has 1 aromatic heterocycles. The van der Waals surface area contributed by atoms with Gasteiger partial charge in [0.05, 0.1) is 6.42 Å². The van der Waals surface area contributed by atoms with Crippen LogP contribution in [0.4, 0.5) is 0 Å². The average Bonchev–Trinajstić information content (AvgIpc) is 2.85. The molecule has 1 saturated carbocycles. The second-order valence-corrected chi connectivity index (χ2v) is 5.91. The third-order valence-corrected chi connectivity index (χ3v) is 4.25. The Bertz CT molecular complexity index is 598. The average molecular weight is 286 g/mol. The second-order valence-electron chi connectivity index (χ2n) is 5.91. The fourth-order valence-corrected chi connectivity index (χ4v) is 3.10. The van der Waals surface area contributed by atoms with Crippen molar-refractivity contribution in [2.75, 3.05) is 0 Å². The van der Waals surface area contributed by atoms with Gasteiger partial charge in [-0.25, -0.2) is 0 Å². The molecule has 0 unspecified atom stereocenters. The lowest BCUT2D eigenvalue weighted by Crippen LogP contribution is -2.36. The molecule has 0 saturated heterocycles. The van der Waals surface area contributed by atoms with Gasteiger partial charge in [0, 0.05) is 11.4 Å². The molecular formula is C17H22N2O2. The zero-order valence-corrected chi connectivity index (χ0v) is 12.3. The zero-order chi connectivity index (χ0) is 14.5. The monoisotopic (exact) mass is 286 g/mol. The summed E-state index contributed by atoms with van der Waals surface area (Å²) in [6.45, 7) is 0. The van der Waals surface area contributed by atoms with Crippen molar-refractivity contribution in [3.8, 4) is 0 Å². The van der Waals surface area contributed by atoms with Crippen molar-refractivity contribution < 1.29 is 9.32 Å². The Balaban J connectivity index is 1.60. The van der Waals surface area contributed by atoms with E-state index in [1.165, 1.54) is 32.1 Å². The molecule has 1 aromatic carbocycles. The van der Waals surface area contributed by atoms with Gasteiger partial charge in [0.2, 0.25) is 5.91 Å². The first-order chi connectivity index (χ1) is 10.3. The summed E-state index contributed by atoms with van der Waals surface area (Å²) >= 11 is 0. The van der Waals surface area contributed by atoms with E-state index >= 15 is 0 Å². The van der Waals surface area contributed by atoms with Gasteiger partial charge in [0.25, 0.3) is 0 Å². The second kappa shape index (κ2) is 6.74. The van der Waals surface area contributed by atoms with Gasteiger partial charge < -0.3 is 9.84 Å². The predicted molar refractivity (Wildman–Crippen MR) is 82.0 cm³/mol. The van der Waals surface area contributed by atoms with Crippen LogP contribution in [0.15, 0.2) is 28.8 Å². The highest BCUT2D eigenvalue weighted by atomic mass is 16.5. The minimum absolute atomic E-state index is 0.0552. The van der Waals surface area contributed by atoms with E-state index in [1.54, 1.807) is 0 Å². The van der Waals surface area contributed by atoms with Gasteiger partial charge in [-0.1, -0.05) is 49.4 Å². The van der Waals surface area contributed by atoms with Crippen LogP contribution in [0.25, 0.3) is 11.0 Å². The molecule has 4 nitrogen and oxygen atoms in total. The Morgan fingerprint density at radius 3 is 2.67 bits per heavy atom. The molecule has 2 aromatic rings. The van der Waals surface area contributed by atoms with Crippen LogP contribution in [0.1, 0.15) is 50.6 Å². The standard InChI is InChI=1S/C17H22N2O2/c20-17(18-13-8-4-2-1-3-5-9-13)12-15-14-10-6-7-11-16(14)21-19-15/h6-7,10-11,13H,1-5,8-9,12H2,(H,18,20). The molecule has 1 aliphatic rings. The predicted octanol–water partition coefficient (Wildman–Crippen LogP) is 3.60. The molecule has 1 fully saturated rings. The maximum atomic E-state index is 12.2. The molecule has 3 rings (SSSR count). The minimum atomic E-state index is 0.0552. The number of benzene rings is 1. The summed E-state index contributed by atoms with van der Waals surface area (Å²) in [4.78, 5) is 12.2. The third kappa shape index (κ3) is 3.63. The summed E-state index contributed by atoms with van der Waals surface area (Å²) < 4.78 is 5.25. The maximum absolute atomic E-state index is 12.2. The fourth-order valence-electron chi connectivity index (χ4n) is 3.10. The summed E-state index contributed by atoms with van der Waals surface area (Å²) in [5, 5.41) is 8.13. The van der Waals surface area contributed by atoms with Gasteiger partial charge in [0.1, 0.15) is 5.69 Å². The lowest BCUT2D eigenvalue weighted by atomic mass is 9.96. The first-order valence-corrected chi connectivity index (χ1v) is 7.95. The number of carbonyl (C=O) groups excluding carboxylic acids is 1. The van der Waals surface area contributed by atoms with E-state index in [-0.39, 0.29) is 5.91 Å². The van der Waals surface area contributed by atoms with E-state index in [0.29, 0.717) is 12.5 Å². The summed E-state index contributed by atoms with van der Waals surface area (Å²) in [5.41, 5.74) is 1.47. The molecule has 1 amide bonds. The van der Waals surface area contributed by atoms with Crippen LogP contribution in [-0.4, -0.2) is 17.1 Å². The van der Waals surface area contributed by atoms with E-state index < -0.39 is 0 Å². The number of nitrogens with zero attached hydrogens (tertiary/aromatic N) is 1. The fraction of sp³-hybridized carbons (Fsp3) is 0.529. The smallest absolute Gasteiger partial charge is 0.226 e. The van der Waals surface area contributed by atoms with Crippen molar-refractivity contribution >= 4 is 16.9 Å². The van der Waals surface area contributed by atoms with Crippen LogP contribution in [0, 0.1) is 0 Å². The molecule has 0 aliphatic heterocycles. The summed E-state index contributed by atoms with van der Waals surface area (Å²) in [6.07, 6.45) is 8.87. The van der Waals surface area contributed by atoms with E-state index in [1.807, 2.05) is 24.3 Å². The topological polar surface area (TPSA) is 55.1 Å². The van der Waals surface area contributed by atoms with Crippen molar-refractivity contribution in [2.45, 2.75) is 57.4 Å². The van der Waals surface area contributed by atoms with Gasteiger partial charge in [-0.2, -0.15) is 0 Å². The first kappa shape index (κ1) is 14.1. The highest BCUT2D eigenvalue weighted by Crippen LogP contribution is 2.19. The zero-order valence-electron chi connectivity index (χ0n) is 12.3. The number of nitrogens with one attached hydrogen (secondary N) is 1. The number of rotatable bonds is 3. The van der Waals surface area contributed by atoms with Gasteiger partial charge >= 0.3 is 0 Å². The summed E-state index contributed by atoms with van der Waals surface area (Å²) in [5.74, 6) is 0.0552. The molecular weight excluding hydrogens is 264 g/mol. The van der Waals surface area contributed by atoms with Crippen molar-refractivity contribution in [1.29, 1.82) is 0 Å². The molecule has 1 aliphatic carbocycles. The number of fused-ring (bicyclic) bond motifs is 1. The molecule has 0 bridgehead atoms. The Kier molecular flexibility index (Phi) is 4.53. The maximum Gasteiger partial charge on any atom is 0.226 e. The van der Waals surface area contributed by atoms with Crippen molar-refractivity contribution in [1.82, 2.24) is 10.5 Å². The van der Waals surface area contributed by atoms with Crippen LogP contribution in [0.3, 0.4) is 0 Å². The molecule has 21 heavy (non-hydrogen) atoms. The quantitative estimate of drug-likeness (QED) is 0.938. The van der Waals surface area contributed by atoms with Crippen LogP contribution < -0.4 is 5.32 Å². The highest BCUT2D eigenvalue weighted by Gasteiger charge is 2.16. The van der Waals surface area contributed by atoms with Crippen LogP contribution >= 0.6 is 0 Å². The minimum Gasteiger partial charge on any atom is -0.356 e. The number of aromatic nitrogens is 1. The molecule has 0 radical (unpaired) electrons. The lowest BCUT2D eigenvalue weighted by molar-refractivity contribution is -0.121. The first-order valence-electron chi connectivity index (χ1n) is 7.95. The molecule has 1 heterocycles. The molecule has 4 heteroatoms. The SMILES string of the molecule is O=C(Cc1noc2ccccc12)NC1CCCCCCC1. The number of hydrogen-bond acceptors (Lipinski definition) is 3. The molecule has 112 valence electrons. The van der Waals surface area contributed by atoms with Gasteiger partial charge in [-0.15, -0.1) is 0 Å². The van der Waals surface area contributed by atoms with Gasteiger partial charge in [-0.3, -0.25) is 4.79 Å². The Morgan fingerprint density at radius 1 is 1.14 bits per heavy atom. The highest BCUT2D eigenvalue weighted by molar-refractivity contribution is 5.86. The van der Waals surface area contributed by atoms with E-state index in [2.05, 4.69) is 10.5 Å². The Morgan fingerprint density at radius 2 is 1.86 bits per heavy atom. The molecule has 1 N–H and O–H groups in total. The number of carbonyl (C=O) groups is 1. The van der Waals surface area contributed by atoms with Crippen LogP contribution in [-0.2, 0) is 11.2 Å². The van der Waals surface area contributed by atoms with Crippen molar-refractivity contribution in [3.05, 3.63) is 30.0 Å². The number of para-hydroxylation sites is 1. The van der Waals surface area contributed by atoms with Crippen molar-refractivity contribution in [2.24, 2.45) is 0 Å². The van der Waals surface area contributed by atoms with E-state index in [9.17, 15) is 4.79 Å². The summed E-state index contributed by atoms with van der Waals surface area (Å²) in [7, 11) is 0. The lowest BCUT2D eigenvalue weighted by Gasteiger charge is -2.20. The van der Waals surface area contributed by atoms with E-state index in [0.717, 1.165) is 29.5 Å². The number of hydrogen-bond donors (Lipinski definition) is 1. The largest absolute Gasteiger partial charge is 0.356 e. The molecule has 0 spiro atoms. The van der Waals surface area contributed by atoms with Gasteiger partial charge in [-0.05, 0) is 25.0 Å². The Labute approximate surface area is 124 Å². The van der Waals surface area contributed by atoms with Crippen molar-refractivity contribution in [3.63, 3.8) is 0 Å². The normalized spacial score (nSPS) is 17.3. The van der Waals surface area contributed by atoms with Gasteiger partial charge in [0.15, 0.2) is 5.58 Å². The third-order valence-electron chi connectivity index (χ3n) is 4.25. The molecule has 0 atom stereocenters. The Hall–Kier alpha value is -1.84. The van der Waals surface area contributed by atoms with Crippen LogP contribution in [0.5, 0.6) is 0 Å². The van der Waals surface area contributed by atoms with Crippen LogP contribution in [0.2, 0.25) is 0 Å².